The third-order valence-electron chi connectivity index (χ3n) is 6.09. The first-order chi connectivity index (χ1) is 12.9. The van der Waals surface area contributed by atoms with Crippen LogP contribution in [0.3, 0.4) is 0 Å². The predicted octanol–water partition coefficient (Wildman–Crippen LogP) is 2.15. The van der Waals surface area contributed by atoms with Gasteiger partial charge < -0.3 is 21.7 Å². The summed E-state index contributed by atoms with van der Waals surface area (Å²) in [6, 6.07) is 3.88. The molecular weight excluding hydrogens is 413 g/mol. The number of nitrogens with zero attached hydrogens (tertiary/aromatic N) is 2. The zero-order valence-corrected chi connectivity index (χ0v) is 18.6. The number of pyridine rings is 1. The van der Waals surface area contributed by atoms with Crippen LogP contribution in [0.2, 0.25) is 0 Å². The standard InChI is InChI=1S/C20H31N5O2.2ClH/c1-20(22)9-3-2-6-16(20)19(27)24-13-15-5-4-10-23-18(15)25-11-7-14(8-12-25)17(21)26;;/h4-5,10,14,16H,2-3,6-9,11-13,22H2,1H3,(H2,21,26)(H,24,27);2*1H. The molecule has 2 fully saturated rings. The van der Waals surface area contributed by atoms with E-state index in [-0.39, 0.29) is 48.5 Å². The van der Waals surface area contributed by atoms with E-state index in [4.69, 9.17) is 11.5 Å². The SMILES string of the molecule is CC1(N)CCCCC1C(=O)NCc1cccnc1N1CCC(C(N)=O)CC1.Cl.Cl. The summed E-state index contributed by atoms with van der Waals surface area (Å²) in [6.45, 7) is 3.91. The molecule has 2 unspecified atom stereocenters. The fourth-order valence-corrected chi connectivity index (χ4v) is 4.32. The zero-order chi connectivity index (χ0) is 19.4. The first-order valence-corrected chi connectivity index (χ1v) is 9.93. The molecule has 2 amide bonds. The van der Waals surface area contributed by atoms with Crippen molar-refractivity contribution in [3.8, 4) is 0 Å². The first kappa shape index (κ1) is 25.5. The summed E-state index contributed by atoms with van der Waals surface area (Å²) < 4.78 is 0. The second kappa shape index (κ2) is 11.0. The number of piperidine rings is 1. The van der Waals surface area contributed by atoms with Gasteiger partial charge in [-0.3, -0.25) is 9.59 Å². The summed E-state index contributed by atoms with van der Waals surface area (Å²) in [6.07, 6.45) is 7.12. The van der Waals surface area contributed by atoms with Crippen molar-refractivity contribution in [2.24, 2.45) is 23.3 Å². The molecule has 2 heterocycles. The van der Waals surface area contributed by atoms with Crippen LogP contribution >= 0.6 is 24.8 Å². The number of carbonyl (C=O) groups is 2. The lowest BCUT2D eigenvalue weighted by molar-refractivity contribution is -0.128. The second-order valence-corrected chi connectivity index (χ2v) is 8.17. The van der Waals surface area contributed by atoms with Crippen molar-refractivity contribution in [1.29, 1.82) is 0 Å². The highest BCUT2D eigenvalue weighted by Gasteiger charge is 2.37. The fraction of sp³-hybridized carbons (Fsp3) is 0.650. The van der Waals surface area contributed by atoms with E-state index in [1.165, 1.54) is 0 Å². The number of primary amides is 1. The van der Waals surface area contributed by atoms with E-state index >= 15 is 0 Å². The molecule has 0 bridgehead atoms. The van der Waals surface area contributed by atoms with Gasteiger partial charge in [-0.05, 0) is 38.7 Å². The molecule has 7 nitrogen and oxygen atoms in total. The smallest absolute Gasteiger partial charge is 0.225 e. The molecule has 1 aromatic heterocycles. The van der Waals surface area contributed by atoms with Gasteiger partial charge in [0, 0.05) is 42.9 Å². The Morgan fingerprint density at radius 3 is 2.55 bits per heavy atom. The lowest BCUT2D eigenvalue weighted by atomic mass is 9.74. The van der Waals surface area contributed by atoms with Gasteiger partial charge >= 0.3 is 0 Å². The molecule has 1 saturated carbocycles. The van der Waals surface area contributed by atoms with Crippen molar-refractivity contribution in [2.75, 3.05) is 18.0 Å². The highest BCUT2D eigenvalue weighted by atomic mass is 35.5. The van der Waals surface area contributed by atoms with Crippen LogP contribution < -0.4 is 21.7 Å². The van der Waals surface area contributed by atoms with E-state index in [9.17, 15) is 9.59 Å². The Balaban J connectivity index is 0.00000210. The van der Waals surface area contributed by atoms with Gasteiger partial charge in [-0.1, -0.05) is 18.9 Å². The summed E-state index contributed by atoms with van der Waals surface area (Å²) in [5.41, 5.74) is 12.3. The maximum Gasteiger partial charge on any atom is 0.225 e. The van der Waals surface area contributed by atoms with Gasteiger partial charge in [0.15, 0.2) is 0 Å². The van der Waals surface area contributed by atoms with Gasteiger partial charge in [-0.15, -0.1) is 24.8 Å². The molecule has 5 N–H and O–H groups in total. The molecule has 164 valence electrons. The maximum absolute atomic E-state index is 12.7. The van der Waals surface area contributed by atoms with Crippen molar-refractivity contribution in [3.05, 3.63) is 23.9 Å². The van der Waals surface area contributed by atoms with Gasteiger partial charge in [-0.2, -0.15) is 0 Å². The number of anilines is 1. The van der Waals surface area contributed by atoms with Crippen molar-refractivity contribution >= 4 is 42.4 Å². The Bertz CT molecular complexity index is 693. The number of halogens is 2. The normalized spacial score (nSPS) is 24.8. The van der Waals surface area contributed by atoms with E-state index in [1.807, 2.05) is 19.1 Å². The van der Waals surface area contributed by atoms with Crippen LogP contribution in [0.25, 0.3) is 0 Å². The summed E-state index contributed by atoms with van der Waals surface area (Å²) in [5, 5.41) is 3.07. The van der Waals surface area contributed by atoms with Crippen molar-refractivity contribution in [1.82, 2.24) is 10.3 Å². The molecule has 9 heteroatoms. The van der Waals surface area contributed by atoms with Gasteiger partial charge in [0.1, 0.15) is 5.82 Å². The number of rotatable bonds is 5. The molecule has 1 saturated heterocycles. The Labute approximate surface area is 185 Å². The highest BCUT2D eigenvalue weighted by molar-refractivity contribution is 5.85. The number of carbonyl (C=O) groups excluding carboxylic acids is 2. The highest BCUT2D eigenvalue weighted by Crippen LogP contribution is 2.32. The number of amides is 2. The van der Waals surface area contributed by atoms with Gasteiger partial charge in [0.25, 0.3) is 0 Å². The number of hydrogen-bond acceptors (Lipinski definition) is 5. The third-order valence-corrected chi connectivity index (χ3v) is 6.09. The van der Waals surface area contributed by atoms with E-state index in [0.717, 1.165) is 63.0 Å². The minimum absolute atomic E-state index is 0. The predicted molar refractivity (Wildman–Crippen MR) is 119 cm³/mol. The molecule has 29 heavy (non-hydrogen) atoms. The van der Waals surface area contributed by atoms with E-state index in [2.05, 4.69) is 15.2 Å². The molecule has 0 spiro atoms. The van der Waals surface area contributed by atoms with E-state index < -0.39 is 5.54 Å². The van der Waals surface area contributed by atoms with Gasteiger partial charge in [0.05, 0.1) is 5.92 Å². The fourth-order valence-electron chi connectivity index (χ4n) is 4.32. The van der Waals surface area contributed by atoms with Crippen molar-refractivity contribution in [2.45, 2.75) is 57.5 Å². The Morgan fingerprint density at radius 1 is 1.24 bits per heavy atom. The van der Waals surface area contributed by atoms with E-state index in [0.29, 0.717) is 6.54 Å². The quantitative estimate of drug-likeness (QED) is 0.641. The molecule has 2 atom stereocenters. The molecule has 1 aliphatic heterocycles. The Kier molecular flexibility index (Phi) is 9.65. The molecule has 0 aromatic carbocycles. The second-order valence-electron chi connectivity index (χ2n) is 8.17. The summed E-state index contributed by atoms with van der Waals surface area (Å²) in [5.74, 6) is 0.488. The zero-order valence-electron chi connectivity index (χ0n) is 16.9. The van der Waals surface area contributed by atoms with Crippen LogP contribution in [-0.2, 0) is 16.1 Å². The monoisotopic (exact) mass is 445 g/mol. The average molecular weight is 446 g/mol. The minimum Gasteiger partial charge on any atom is -0.369 e. The minimum atomic E-state index is -0.434. The van der Waals surface area contributed by atoms with Gasteiger partial charge in [-0.25, -0.2) is 4.98 Å². The van der Waals surface area contributed by atoms with Gasteiger partial charge in [0.2, 0.25) is 11.8 Å². The lowest BCUT2D eigenvalue weighted by Gasteiger charge is -2.37. The van der Waals surface area contributed by atoms with Crippen LogP contribution in [0.1, 0.15) is 51.0 Å². The maximum atomic E-state index is 12.7. The molecule has 1 aliphatic carbocycles. The largest absolute Gasteiger partial charge is 0.369 e. The van der Waals surface area contributed by atoms with Crippen LogP contribution in [0.15, 0.2) is 18.3 Å². The van der Waals surface area contributed by atoms with Crippen molar-refractivity contribution in [3.63, 3.8) is 0 Å². The number of nitrogens with two attached hydrogens (primary N) is 2. The molecule has 3 rings (SSSR count). The van der Waals surface area contributed by atoms with Crippen molar-refractivity contribution < 1.29 is 9.59 Å². The molecule has 2 aliphatic rings. The average Bonchev–Trinajstić information content (AvgIpc) is 2.66. The first-order valence-electron chi connectivity index (χ1n) is 9.93. The molecule has 0 radical (unpaired) electrons. The Morgan fingerprint density at radius 2 is 1.93 bits per heavy atom. The lowest BCUT2D eigenvalue weighted by Crippen LogP contribution is -2.52. The van der Waals surface area contributed by atoms with Crippen LogP contribution in [0.4, 0.5) is 5.82 Å². The van der Waals surface area contributed by atoms with Crippen LogP contribution in [-0.4, -0.2) is 35.4 Å². The van der Waals surface area contributed by atoms with Crippen LogP contribution in [0, 0.1) is 11.8 Å². The van der Waals surface area contributed by atoms with Crippen LogP contribution in [0.5, 0.6) is 0 Å². The summed E-state index contributed by atoms with van der Waals surface area (Å²) >= 11 is 0. The molecule has 1 aromatic rings. The number of nitrogens with one attached hydrogen (secondary N) is 1. The molecular formula is C20H33Cl2N5O2. The van der Waals surface area contributed by atoms with E-state index in [1.54, 1.807) is 6.20 Å². The third kappa shape index (κ3) is 6.20. The number of hydrogen-bond donors (Lipinski definition) is 3. The summed E-state index contributed by atoms with van der Waals surface area (Å²) in [7, 11) is 0. The number of aromatic nitrogens is 1. The Hall–Kier alpha value is -1.57. The topological polar surface area (TPSA) is 114 Å². The summed E-state index contributed by atoms with van der Waals surface area (Å²) in [4.78, 5) is 30.8.